The largest absolute Gasteiger partial charge is 0.278 e. The molecule has 1 aromatic rings. The molecule has 0 radical (unpaired) electrons. The number of nitrogens with zero attached hydrogens (tertiary/aromatic N) is 1. The number of amides is 2. The van der Waals surface area contributed by atoms with Crippen molar-refractivity contribution < 1.29 is 14.0 Å². The van der Waals surface area contributed by atoms with Crippen LogP contribution in [0.15, 0.2) is 22.7 Å². The third kappa shape index (κ3) is 2.14. The molecule has 3 nitrogen and oxygen atoms in total. The Hall–Kier alpha value is -1.23. The van der Waals surface area contributed by atoms with E-state index in [2.05, 4.69) is 15.9 Å². The minimum atomic E-state index is -0.352. The molecule has 1 heterocycles. The van der Waals surface area contributed by atoms with Crippen LogP contribution in [0.5, 0.6) is 0 Å². The zero-order valence-corrected chi connectivity index (χ0v) is 9.96. The number of carbonyl (C=O) groups excluding carboxylic acids is 2. The number of hydrogen-bond donors (Lipinski definition) is 0. The Morgan fingerprint density at radius 3 is 2.44 bits per heavy atom. The number of hydrogen-bond acceptors (Lipinski definition) is 2. The lowest BCUT2D eigenvalue weighted by Gasteiger charge is -2.14. The van der Waals surface area contributed by atoms with Gasteiger partial charge in [-0.15, -0.1) is 0 Å². The number of benzene rings is 1. The van der Waals surface area contributed by atoms with Crippen LogP contribution in [0.25, 0.3) is 0 Å². The zero-order chi connectivity index (χ0) is 11.7. The second-order valence-electron chi connectivity index (χ2n) is 3.61. The van der Waals surface area contributed by atoms with Crippen molar-refractivity contribution in [3.05, 3.63) is 34.1 Å². The lowest BCUT2D eigenvalue weighted by molar-refractivity contribution is -0.139. The standard InChI is InChI=1S/C11H9BrFNO2/c12-9-5-8(13)2-1-7(9)6-14-10(15)3-4-11(14)16/h1-2,5H,3-4,6H2. The Labute approximate surface area is 100 Å². The first-order chi connectivity index (χ1) is 7.58. The monoisotopic (exact) mass is 285 g/mol. The number of likely N-dealkylation sites (tertiary alicyclic amines) is 1. The first kappa shape index (κ1) is 11.3. The number of carbonyl (C=O) groups is 2. The molecule has 84 valence electrons. The van der Waals surface area contributed by atoms with Gasteiger partial charge in [-0.05, 0) is 17.7 Å². The van der Waals surface area contributed by atoms with E-state index in [4.69, 9.17) is 0 Å². The van der Waals surface area contributed by atoms with Crippen LogP contribution in [-0.2, 0) is 16.1 Å². The van der Waals surface area contributed by atoms with Gasteiger partial charge < -0.3 is 0 Å². The Balaban J connectivity index is 2.20. The summed E-state index contributed by atoms with van der Waals surface area (Å²) in [7, 11) is 0. The van der Waals surface area contributed by atoms with Gasteiger partial charge in [0.15, 0.2) is 0 Å². The van der Waals surface area contributed by atoms with E-state index in [-0.39, 0.29) is 37.0 Å². The van der Waals surface area contributed by atoms with Gasteiger partial charge in [0.1, 0.15) is 5.82 Å². The first-order valence-electron chi connectivity index (χ1n) is 4.85. The minimum absolute atomic E-state index is 0.166. The molecule has 1 saturated heterocycles. The summed E-state index contributed by atoms with van der Waals surface area (Å²) in [4.78, 5) is 24.0. The maximum Gasteiger partial charge on any atom is 0.229 e. The molecule has 16 heavy (non-hydrogen) atoms. The Bertz CT molecular complexity index is 445. The van der Waals surface area contributed by atoms with Crippen molar-refractivity contribution in [3.63, 3.8) is 0 Å². The first-order valence-corrected chi connectivity index (χ1v) is 5.64. The van der Waals surface area contributed by atoms with Crippen LogP contribution in [-0.4, -0.2) is 16.7 Å². The van der Waals surface area contributed by atoms with Crippen LogP contribution in [0.4, 0.5) is 4.39 Å². The summed E-state index contributed by atoms with van der Waals surface area (Å²) in [5.41, 5.74) is 0.727. The van der Waals surface area contributed by atoms with E-state index in [1.54, 1.807) is 6.07 Å². The van der Waals surface area contributed by atoms with Crippen LogP contribution < -0.4 is 0 Å². The minimum Gasteiger partial charge on any atom is -0.278 e. The van der Waals surface area contributed by atoms with Gasteiger partial charge in [0, 0.05) is 17.3 Å². The van der Waals surface area contributed by atoms with Crippen LogP contribution in [0.2, 0.25) is 0 Å². The third-order valence-corrected chi connectivity index (χ3v) is 3.24. The molecule has 0 aromatic heterocycles. The van der Waals surface area contributed by atoms with Gasteiger partial charge in [-0.2, -0.15) is 0 Å². The van der Waals surface area contributed by atoms with Crippen LogP contribution in [0.3, 0.4) is 0 Å². The number of imide groups is 1. The molecule has 0 aliphatic carbocycles. The zero-order valence-electron chi connectivity index (χ0n) is 8.37. The highest BCUT2D eigenvalue weighted by atomic mass is 79.9. The number of halogens is 2. The fourth-order valence-electron chi connectivity index (χ4n) is 1.62. The van der Waals surface area contributed by atoms with Crippen molar-refractivity contribution in [2.75, 3.05) is 0 Å². The molecule has 1 aromatic carbocycles. The van der Waals surface area contributed by atoms with E-state index < -0.39 is 0 Å². The van der Waals surface area contributed by atoms with E-state index in [9.17, 15) is 14.0 Å². The highest BCUT2D eigenvalue weighted by molar-refractivity contribution is 9.10. The molecular weight excluding hydrogens is 277 g/mol. The topological polar surface area (TPSA) is 37.4 Å². The number of rotatable bonds is 2. The van der Waals surface area contributed by atoms with Crippen LogP contribution >= 0.6 is 15.9 Å². The molecule has 1 aliphatic rings. The SMILES string of the molecule is O=C1CCC(=O)N1Cc1ccc(F)cc1Br. The van der Waals surface area contributed by atoms with Gasteiger partial charge in [0.25, 0.3) is 0 Å². The van der Waals surface area contributed by atoms with E-state index >= 15 is 0 Å². The van der Waals surface area contributed by atoms with Crippen LogP contribution in [0.1, 0.15) is 18.4 Å². The van der Waals surface area contributed by atoms with Crippen molar-refractivity contribution in [1.82, 2.24) is 4.90 Å². The summed E-state index contributed by atoms with van der Waals surface area (Å²) >= 11 is 3.20. The van der Waals surface area contributed by atoms with Crippen molar-refractivity contribution >= 4 is 27.7 Å². The summed E-state index contributed by atoms with van der Waals surface area (Å²) in [5, 5.41) is 0. The fourth-order valence-corrected chi connectivity index (χ4v) is 2.10. The molecule has 0 N–H and O–H groups in total. The molecule has 2 rings (SSSR count). The maximum absolute atomic E-state index is 12.8. The van der Waals surface area contributed by atoms with Gasteiger partial charge in [-0.3, -0.25) is 14.5 Å². The van der Waals surface area contributed by atoms with Crippen molar-refractivity contribution in [2.24, 2.45) is 0 Å². The molecule has 2 amide bonds. The van der Waals surface area contributed by atoms with Crippen molar-refractivity contribution in [3.8, 4) is 0 Å². The smallest absolute Gasteiger partial charge is 0.229 e. The summed E-state index contributed by atoms with van der Waals surface area (Å²) in [6.07, 6.45) is 0.551. The molecule has 1 fully saturated rings. The maximum atomic E-state index is 12.8. The normalized spacial score (nSPS) is 16.0. The second kappa shape index (κ2) is 4.33. The Kier molecular flexibility index (Phi) is 3.05. The average Bonchev–Trinajstić information content (AvgIpc) is 2.53. The highest BCUT2D eigenvalue weighted by Crippen LogP contribution is 2.22. The van der Waals surface area contributed by atoms with Crippen molar-refractivity contribution in [1.29, 1.82) is 0 Å². The van der Waals surface area contributed by atoms with Gasteiger partial charge in [0.2, 0.25) is 11.8 Å². The van der Waals surface area contributed by atoms with E-state index in [0.29, 0.717) is 4.47 Å². The van der Waals surface area contributed by atoms with E-state index in [1.165, 1.54) is 17.0 Å². The molecule has 0 atom stereocenters. The second-order valence-corrected chi connectivity index (χ2v) is 4.46. The van der Waals surface area contributed by atoms with E-state index in [1.807, 2.05) is 0 Å². The predicted molar refractivity (Wildman–Crippen MR) is 58.9 cm³/mol. The molecule has 0 unspecified atom stereocenters. The van der Waals surface area contributed by atoms with Gasteiger partial charge >= 0.3 is 0 Å². The lowest BCUT2D eigenvalue weighted by atomic mass is 10.2. The predicted octanol–water partition coefficient (Wildman–Crippen LogP) is 2.24. The Morgan fingerprint density at radius 1 is 1.25 bits per heavy atom. The summed E-state index contributed by atoms with van der Waals surface area (Å²) in [6.45, 7) is 0.207. The summed E-state index contributed by atoms with van der Waals surface area (Å²) in [5.74, 6) is -0.683. The fraction of sp³-hybridized carbons (Fsp3) is 0.273. The molecule has 5 heteroatoms. The third-order valence-electron chi connectivity index (χ3n) is 2.50. The lowest BCUT2D eigenvalue weighted by Crippen LogP contribution is -2.28. The van der Waals surface area contributed by atoms with Crippen molar-refractivity contribution in [2.45, 2.75) is 19.4 Å². The molecule has 0 spiro atoms. The molecule has 1 aliphatic heterocycles. The van der Waals surface area contributed by atoms with Gasteiger partial charge in [-0.1, -0.05) is 22.0 Å². The molecular formula is C11H9BrFNO2. The Morgan fingerprint density at radius 2 is 1.88 bits per heavy atom. The van der Waals surface area contributed by atoms with Gasteiger partial charge in [-0.25, -0.2) is 4.39 Å². The molecule has 0 bridgehead atoms. The highest BCUT2D eigenvalue weighted by Gasteiger charge is 2.29. The summed E-state index contributed by atoms with van der Waals surface area (Å²) < 4.78 is 13.4. The van der Waals surface area contributed by atoms with Gasteiger partial charge in [0.05, 0.1) is 6.54 Å². The van der Waals surface area contributed by atoms with Crippen LogP contribution in [0, 0.1) is 5.82 Å². The molecule has 0 saturated carbocycles. The summed E-state index contributed by atoms with van der Waals surface area (Å²) in [6, 6.07) is 4.20. The average molecular weight is 286 g/mol. The van der Waals surface area contributed by atoms with E-state index in [0.717, 1.165) is 5.56 Å². The quantitative estimate of drug-likeness (QED) is 0.782.